The average Bonchev–Trinajstić information content (AvgIpc) is 3.89. The third-order valence-electron chi connectivity index (χ3n) is 9.28. The van der Waals surface area contributed by atoms with Crippen molar-refractivity contribution in [1.29, 1.82) is 0 Å². The zero-order valence-electron chi connectivity index (χ0n) is 33.4. The Balaban J connectivity index is 0.000000232. The minimum atomic E-state index is -1.41. The van der Waals surface area contributed by atoms with Crippen LogP contribution >= 0.6 is 22.7 Å². The number of nitrogens with zero attached hydrogens (tertiary/aromatic N) is 8. The van der Waals surface area contributed by atoms with Crippen molar-refractivity contribution < 1.29 is 57.8 Å². The van der Waals surface area contributed by atoms with Crippen LogP contribution in [0.15, 0.2) is 22.0 Å². The van der Waals surface area contributed by atoms with Crippen LogP contribution in [0.4, 0.5) is 21.5 Å². The SMILES string of the molecule is CCN(CC)C(=O)OC[C@H]1OC(n2c(=O)sc3cnc(N)nc32)[C@H](O)[C@H]1O.CCN(CC)C(=O)OC[C@H]1OC(n2c(=O)sc3cnc(N)nc32)[C@H](OC(C)=O)[C@H]1OC(C)=O. The number of fused-ring (bicyclic) bond motifs is 2. The maximum absolute atomic E-state index is 12.8. The van der Waals surface area contributed by atoms with E-state index >= 15 is 0 Å². The van der Waals surface area contributed by atoms with Gasteiger partial charge in [0.25, 0.3) is 0 Å². The lowest BCUT2D eigenvalue weighted by molar-refractivity contribution is -0.165. The van der Waals surface area contributed by atoms with E-state index in [0.717, 1.165) is 31.8 Å². The minimum absolute atomic E-state index is 0.0354. The standard InChI is InChI=1S/C19H25N5O8S.C15H21N5O6S/c1-5-23(6-2)18(27)29-8-11-13(30-9(3)25)14(31-10(4)26)16(32-11)24-15-12(33-19(24)28)7-21-17(20)22-15;1-3-19(4-2)14(23)25-6-7-9(21)10(22)12(26-7)20-11-8(27-15(20)24)5-17-13(16)18-11/h7,11,13-14,16H,5-6,8H2,1-4H3,(H2,20,21,22);5,7,9-10,12,21-22H,3-4,6H2,1-2H3,(H2,16,17,18)/t11-,13+,14-,16?;7-,9+,10-,12?/m11/s1. The number of nitrogens with two attached hydrogens (primary N) is 2. The number of carbonyl (C=O) groups is 4. The van der Waals surface area contributed by atoms with Crippen molar-refractivity contribution in [3.05, 3.63) is 31.7 Å². The van der Waals surface area contributed by atoms with Crippen LogP contribution in [-0.2, 0) is 38.0 Å². The van der Waals surface area contributed by atoms with Crippen LogP contribution in [-0.4, -0.2) is 149 Å². The van der Waals surface area contributed by atoms with Crippen molar-refractivity contribution in [1.82, 2.24) is 38.9 Å². The lowest BCUT2D eigenvalue weighted by Crippen LogP contribution is -2.42. The van der Waals surface area contributed by atoms with Gasteiger partial charge in [-0.2, -0.15) is 9.97 Å². The molecule has 0 aliphatic carbocycles. The van der Waals surface area contributed by atoms with Crippen LogP contribution in [0.5, 0.6) is 0 Å². The number of hydrogen-bond acceptors (Lipinski definition) is 22. The molecule has 6 rings (SSSR count). The fourth-order valence-corrected chi connectivity index (χ4v) is 8.02. The van der Waals surface area contributed by atoms with Gasteiger partial charge in [0.05, 0.1) is 21.8 Å². The van der Waals surface area contributed by atoms with Crippen molar-refractivity contribution in [3.8, 4) is 0 Å². The fraction of sp³-hybridized carbons (Fsp3) is 0.588. The highest BCUT2D eigenvalue weighted by atomic mass is 32.1. The van der Waals surface area contributed by atoms with Gasteiger partial charge in [-0.1, -0.05) is 22.7 Å². The highest BCUT2D eigenvalue weighted by molar-refractivity contribution is 7.16. The quantitative estimate of drug-likeness (QED) is 0.109. The molecule has 0 bridgehead atoms. The summed E-state index contributed by atoms with van der Waals surface area (Å²) in [5.74, 6) is -1.46. The molecular weight excluding hydrogens is 837 g/mol. The van der Waals surface area contributed by atoms with Gasteiger partial charge in [-0.25, -0.2) is 19.6 Å². The molecule has 4 aromatic heterocycles. The van der Waals surface area contributed by atoms with E-state index in [-0.39, 0.29) is 36.4 Å². The summed E-state index contributed by atoms with van der Waals surface area (Å²) in [6.45, 7) is 10.8. The minimum Gasteiger partial charge on any atom is -0.455 e. The first-order valence-corrected chi connectivity index (χ1v) is 20.3. The Morgan fingerprint density at radius 3 is 1.57 bits per heavy atom. The molecule has 2 aliphatic rings. The summed E-state index contributed by atoms with van der Waals surface area (Å²) in [6.07, 6.45) is -7.88. The van der Waals surface area contributed by atoms with E-state index in [4.69, 9.17) is 39.9 Å². The predicted molar refractivity (Wildman–Crippen MR) is 212 cm³/mol. The summed E-state index contributed by atoms with van der Waals surface area (Å²) in [4.78, 5) is 90.8. The van der Waals surface area contributed by atoms with E-state index in [1.807, 2.05) is 13.8 Å². The number of ether oxygens (including phenoxy) is 6. The van der Waals surface area contributed by atoms with Crippen molar-refractivity contribution >= 4 is 79.4 Å². The summed E-state index contributed by atoms with van der Waals surface area (Å²) in [5.41, 5.74) is 11.6. The van der Waals surface area contributed by atoms with Gasteiger partial charge < -0.3 is 59.9 Å². The Morgan fingerprint density at radius 2 is 1.12 bits per heavy atom. The van der Waals surface area contributed by atoms with Gasteiger partial charge in [0.15, 0.2) is 36.0 Å². The largest absolute Gasteiger partial charge is 0.455 e. The Kier molecular flexibility index (Phi) is 14.9. The first-order valence-electron chi connectivity index (χ1n) is 18.6. The number of nitrogen functional groups attached to an aromatic ring is 2. The van der Waals surface area contributed by atoms with Gasteiger partial charge in [0, 0.05) is 40.0 Å². The third kappa shape index (κ3) is 9.90. The second kappa shape index (κ2) is 19.7. The number of hydrogen-bond donors (Lipinski definition) is 4. The van der Waals surface area contributed by atoms with E-state index < -0.39 is 83.0 Å². The molecule has 4 aromatic rings. The molecule has 2 fully saturated rings. The van der Waals surface area contributed by atoms with Crippen LogP contribution in [0, 0.1) is 0 Å². The lowest BCUT2D eigenvalue weighted by Gasteiger charge is -2.24. The van der Waals surface area contributed by atoms with Crippen LogP contribution in [0.1, 0.15) is 54.0 Å². The molecule has 6 N–H and O–H groups in total. The van der Waals surface area contributed by atoms with E-state index in [1.165, 1.54) is 36.0 Å². The first-order chi connectivity index (χ1) is 28.5. The summed E-state index contributed by atoms with van der Waals surface area (Å²) in [7, 11) is 0. The van der Waals surface area contributed by atoms with Gasteiger partial charge in [0.2, 0.25) is 11.9 Å². The van der Waals surface area contributed by atoms with E-state index in [9.17, 15) is 39.0 Å². The van der Waals surface area contributed by atoms with Crippen LogP contribution in [0.25, 0.3) is 20.7 Å². The van der Waals surface area contributed by atoms with Crippen molar-refractivity contribution in [2.45, 2.75) is 90.6 Å². The van der Waals surface area contributed by atoms with Gasteiger partial charge in [-0.05, 0) is 27.7 Å². The molecular formula is C34H46N10O14S2. The second-order valence-electron chi connectivity index (χ2n) is 13.1. The molecule has 2 amide bonds. The molecule has 8 atom stereocenters. The molecule has 0 aromatic carbocycles. The number of aliphatic hydroxyl groups is 2. The molecule has 2 aliphatic heterocycles. The Labute approximate surface area is 348 Å². The first kappa shape index (κ1) is 45.5. The molecule has 2 unspecified atom stereocenters. The fourth-order valence-electron chi connectivity index (χ4n) is 6.38. The smallest absolute Gasteiger partial charge is 0.409 e. The second-order valence-corrected chi connectivity index (χ2v) is 15.1. The number of thiazole rings is 2. The van der Waals surface area contributed by atoms with Crippen molar-refractivity contribution in [3.63, 3.8) is 0 Å². The third-order valence-corrected chi connectivity index (χ3v) is 11.0. The Hall–Kier alpha value is -5.54. The van der Waals surface area contributed by atoms with E-state index in [2.05, 4.69) is 19.9 Å². The highest BCUT2D eigenvalue weighted by Crippen LogP contribution is 2.36. The number of amides is 2. The molecule has 24 nitrogen and oxygen atoms in total. The zero-order chi connectivity index (χ0) is 44.0. The van der Waals surface area contributed by atoms with Gasteiger partial charge in [0.1, 0.15) is 37.6 Å². The topological polar surface area (TPSA) is 318 Å². The van der Waals surface area contributed by atoms with Gasteiger partial charge in [-0.3, -0.25) is 28.3 Å². The summed E-state index contributed by atoms with van der Waals surface area (Å²) < 4.78 is 36.1. The maximum atomic E-state index is 12.8. The summed E-state index contributed by atoms with van der Waals surface area (Å²) in [6, 6.07) is 0. The van der Waals surface area contributed by atoms with Crippen molar-refractivity contribution in [2.24, 2.45) is 0 Å². The highest BCUT2D eigenvalue weighted by Gasteiger charge is 2.52. The molecule has 0 spiro atoms. The molecule has 0 radical (unpaired) electrons. The molecule has 26 heteroatoms. The monoisotopic (exact) mass is 882 g/mol. The molecule has 2 saturated heterocycles. The summed E-state index contributed by atoms with van der Waals surface area (Å²) >= 11 is 1.72. The van der Waals surface area contributed by atoms with Gasteiger partial charge >= 0.3 is 33.9 Å². The summed E-state index contributed by atoms with van der Waals surface area (Å²) in [5, 5.41) is 20.6. The zero-order valence-corrected chi connectivity index (χ0v) is 35.0. The number of anilines is 2. The van der Waals surface area contributed by atoms with Crippen LogP contribution in [0.3, 0.4) is 0 Å². The maximum Gasteiger partial charge on any atom is 0.409 e. The van der Waals surface area contributed by atoms with Gasteiger partial charge in [-0.15, -0.1) is 0 Å². The van der Waals surface area contributed by atoms with E-state index in [0.29, 0.717) is 35.6 Å². The van der Waals surface area contributed by atoms with Crippen LogP contribution in [0.2, 0.25) is 0 Å². The van der Waals surface area contributed by atoms with Crippen molar-refractivity contribution in [2.75, 3.05) is 50.9 Å². The number of aliphatic hydroxyl groups excluding tert-OH is 2. The number of aromatic nitrogens is 6. The number of rotatable bonds is 12. The Morgan fingerprint density at radius 1 is 0.700 bits per heavy atom. The lowest BCUT2D eigenvalue weighted by atomic mass is 10.1. The molecule has 328 valence electrons. The van der Waals surface area contributed by atoms with Crippen LogP contribution < -0.4 is 21.2 Å². The Bertz CT molecular complexity index is 2290. The molecule has 0 saturated carbocycles. The average molecular weight is 883 g/mol. The molecule has 6 heterocycles. The number of esters is 2. The molecule has 60 heavy (non-hydrogen) atoms. The number of carbonyl (C=O) groups excluding carboxylic acids is 4. The predicted octanol–water partition coefficient (Wildman–Crippen LogP) is 0.207. The normalized spacial score (nSPS) is 23.5. The van der Waals surface area contributed by atoms with E-state index in [1.54, 1.807) is 13.8 Å².